The highest BCUT2D eigenvalue weighted by atomic mass is 15.2. The molecule has 0 aromatic carbocycles. The van der Waals surface area contributed by atoms with Crippen molar-refractivity contribution in [1.82, 2.24) is 15.3 Å². The second-order valence-corrected chi connectivity index (χ2v) is 5.26. The molecule has 3 N–H and O–H groups in total. The number of hydrogen-bond acceptors (Lipinski definition) is 5. The summed E-state index contributed by atoms with van der Waals surface area (Å²) >= 11 is 0. The molecule has 5 heteroatoms. The molecule has 18 heavy (non-hydrogen) atoms. The second-order valence-electron chi connectivity index (χ2n) is 5.26. The molecule has 0 unspecified atom stereocenters. The zero-order valence-electron chi connectivity index (χ0n) is 10.7. The number of anilines is 2. The lowest BCUT2D eigenvalue weighted by molar-refractivity contribution is 0.446. The summed E-state index contributed by atoms with van der Waals surface area (Å²) in [5, 5.41) is 3.31. The molecule has 0 atom stereocenters. The van der Waals surface area contributed by atoms with Gasteiger partial charge in [0.15, 0.2) is 0 Å². The molecular weight excluding hydrogens is 226 g/mol. The van der Waals surface area contributed by atoms with E-state index in [4.69, 9.17) is 5.73 Å². The summed E-state index contributed by atoms with van der Waals surface area (Å²) in [6.45, 7) is 4.27. The zero-order valence-corrected chi connectivity index (χ0v) is 10.7. The van der Waals surface area contributed by atoms with Crippen LogP contribution in [-0.2, 0) is 0 Å². The van der Waals surface area contributed by atoms with Gasteiger partial charge in [-0.05, 0) is 12.8 Å². The maximum absolute atomic E-state index is 5.77. The third-order valence-electron chi connectivity index (χ3n) is 3.94. The molecule has 2 aliphatic rings. The summed E-state index contributed by atoms with van der Waals surface area (Å²) in [4.78, 5) is 11.1. The second kappa shape index (κ2) is 5.10. The van der Waals surface area contributed by atoms with Crippen LogP contribution in [0.2, 0.25) is 0 Å². The van der Waals surface area contributed by atoms with E-state index in [1.54, 1.807) is 0 Å². The van der Waals surface area contributed by atoms with Crippen molar-refractivity contribution in [3.63, 3.8) is 0 Å². The molecule has 3 rings (SSSR count). The normalized spacial score (nSPS) is 21.4. The topological polar surface area (TPSA) is 67.1 Å². The van der Waals surface area contributed by atoms with Crippen LogP contribution < -0.4 is 16.0 Å². The van der Waals surface area contributed by atoms with E-state index in [9.17, 15) is 0 Å². The lowest BCUT2D eigenvalue weighted by Gasteiger charge is -2.32. The molecule has 5 nitrogen and oxygen atoms in total. The van der Waals surface area contributed by atoms with Crippen molar-refractivity contribution >= 4 is 11.8 Å². The van der Waals surface area contributed by atoms with Crippen LogP contribution in [0, 0.1) is 0 Å². The van der Waals surface area contributed by atoms with Crippen molar-refractivity contribution in [1.29, 1.82) is 0 Å². The highest BCUT2D eigenvalue weighted by Gasteiger charge is 2.26. The van der Waals surface area contributed by atoms with Gasteiger partial charge < -0.3 is 16.0 Å². The van der Waals surface area contributed by atoms with Gasteiger partial charge in [-0.2, -0.15) is 4.98 Å². The molecule has 1 aromatic heterocycles. The fourth-order valence-corrected chi connectivity index (χ4v) is 2.73. The molecule has 3 heterocycles. The van der Waals surface area contributed by atoms with E-state index in [2.05, 4.69) is 20.2 Å². The minimum Gasteiger partial charge on any atom is -0.368 e. The van der Waals surface area contributed by atoms with Crippen LogP contribution in [0.4, 0.5) is 11.8 Å². The third kappa shape index (κ3) is 2.27. The predicted octanol–water partition coefficient (Wildman–Crippen LogP) is 1.13. The Labute approximate surface area is 108 Å². The number of aromatic nitrogens is 2. The van der Waals surface area contributed by atoms with Gasteiger partial charge in [0.2, 0.25) is 5.95 Å². The van der Waals surface area contributed by atoms with Crippen molar-refractivity contribution in [2.24, 2.45) is 0 Å². The lowest BCUT2D eigenvalue weighted by Crippen LogP contribution is -2.41. The average Bonchev–Trinajstić information content (AvgIpc) is 2.57. The van der Waals surface area contributed by atoms with Gasteiger partial charge in [0.05, 0.1) is 0 Å². The summed E-state index contributed by atoms with van der Waals surface area (Å²) in [6, 6.07) is 0. The molecule has 0 amide bonds. The van der Waals surface area contributed by atoms with Gasteiger partial charge in [-0.25, -0.2) is 4.98 Å². The molecule has 2 aliphatic heterocycles. The van der Waals surface area contributed by atoms with Crippen molar-refractivity contribution in [3.8, 4) is 0 Å². The van der Waals surface area contributed by atoms with E-state index in [0.29, 0.717) is 11.9 Å². The number of nitrogens with one attached hydrogen (secondary N) is 1. The number of rotatable bonds is 2. The monoisotopic (exact) mass is 247 g/mol. The van der Waals surface area contributed by atoms with Crippen LogP contribution >= 0.6 is 0 Å². The van der Waals surface area contributed by atoms with E-state index in [0.717, 1.165) is 32.0 Å². The number of nitrogens with zero attached hydrogens (tertiary/aromatic N) is 3. The predicted molar refractivity (Wildman–Crippen MR) is 72.7 cm³/mol. The van der Waals surface area contributed by atoms with Crippen LogP contribution in [0.25, 0.3) is 0 Å². The average molecular weight is 247 g/mol. The van der Waals surface area contributed by atoms with Crippen LogP contribution in [0.5, 0.6) is 0 Å². The van der Waals surface area contributed by atoms with E-state index >= 15 is 0 Å². The van der Waals surface area contributed by atoms with Crippen molar-refractivity contribution in [2.75, 3.05) is 36.8 Å². The first kappa shape index (κ1) is 11.7. The molecule has 2 fully saturated rings. The van der Waals surface area contributed by atoms with E-state index < -0.39 is 0 Å². The Morgan fingerprint density at radius 1 is 1.17 bits per heavy atom. The molecule has 2 saturated heterocycles. The van der Waals surface area contributed by atoms with Gasteiger partial charge in [0.25, 0.3) is 0 Å². The van der Waals surface area contributed by atoms with Crippen molar-refractivity contribution in [2.45, 2.75) is 31.6 Å². The summed E-state index contributed by atoms with van der Waals surface area (Å²) in [5.41, 5.74) is 7.04. The Hall–Kier alpha value is -1.36. The van der Waals surface area contributed by atoms with E-state index in [-0.39, 0.29) is 0 Å². The third-order valence-corrected chi connectivity index (χ3v) is 3.94. The Morgan fingerprint density at radius 2 is 1.89 bits per heavy atom. The van der Waals surface area contributed by atoms with Gasteiger partial charge in [-0.3, -0.25) is 0 Å². The largest absolute Gasteiger partial charge is 0.368 e. The smallest absolute Gasteiger partial charge is 0.221 e. The summed E-state index contributed by atoms with van der Waals surface area (Å²) < 4.78 is 0. The maximum Gasteiger partial charge on any atom is 0.221 e. The Bertz CT molecular complexity index is 408. The minimum absolute atomic E-state index is 0.394. The first-order valence-electron chi connectivity index (χ1n) is 6.92. The highest BCUT2D eigenvalue weighted by Crippen LogP contribution is 2.29. The highest BCUT2D eigenvalue weighted by molar-refractivity contribution is 5.51. The lowest BCUT2D eigenvalue weighted by atomic mass is 9.95. The fraction of sp³-hybridized carbons (Fsp3) is 0.692. The Morgan fingerprint density at radius 3 is 2.50 bits per heavy atom. The van der Waals surface area contributed by atoms with Gasteiger partial charge in [-0.1, -0.05) is 12.8 Å². The molecule has 0 radical (unpaired) electrons. The molecule has 0 saturated carbocycles. The molecule has 1 aromatic rings. The molecular formula is C13H21N5. The Kier molecular flexibility index (Phi) is 3.32. The Balaban J connectivity index is 1.89. The van der Waals surface area contributed by atoms with Crippen LogP contribution in [-0.4, -0.2) is 36.1 Å². The van der Waals surface area contributed by atoms with Gasteiger partial charge >= 0.3 is 0 Å². The SMILES string of the molecule is Nc1ncc(C2CNC2)c(N2CCCCCC2)n1. The quantitative estimate of drug-likeness (QED) is 0.820. The van der Waals surface area contributed by atoms with E-state index in [1.165, 1.54) is 31.2 Å². The summed E-state index contributed by atoms with van der Waals surface area (Å²) in [6.07, 6.45) is 7.10. The number of nitrogen functional groups attached to an aromatic ring is 1. The van der Waals surface area contributed by atoms with E-state index in [1.807, 2.05) is 6.20 Å². The van der Waals surface area contributed by atoms with Crippen LogP contribution in [0.3, 0.4) is 0 Å². The fourth-order valence-electron chi connectivity index (χ4n) is 2.73. The first-order chi connectivity index (χ1) is 8.84. The zero-order chi connectivity index (χ0) is 12.4. The maximum atomic E-state index is 5.77. The van der Waals surface area contributed by atoms with Crippen LogP contribution in [0.15, 0.2) is 6.20 Å². The van der Waals surface area contributed by atoms with Gasteiger partial charge in [-0.15, -0.1) is 0 Å². The molecule has 0 spiro atoms. The standard InChI is InChI=1S/C13H21N5/c14-13-16-9-11(10-7-15-8-10)12(17-13)18-5-3-1-2-4-6-18/h9-10,15H,1-8H2,(H2,14,16,17). The summed E-state index contributed by atoms with van der Waals surface area (Å²) in [5.74, 6) is 2.03. The number of hydrogen-bond donors (Lipinski definition) is 2. The minimum atomic E-state index is 0.394. The van der Waals surface area contributed by atoms with Gasteiger partial charge in [0.1, 0.15) is 5.82 Å². The van der Waals surface area contributed by atoms with Gasteiger partial charge in [0, 0.05) is 43.9 Å². The summed E-state index contributed by atoms with van der Waals surface area (Å²) in [7, 11) is 0. The molecule has 0 aliphatic carbocycles. The van der Waals surface area contributed by atoms with Crippen molar-refractivity contribution in [3.05, 3.63) is 11.8 Å². The molecule has 98 valence electrons. The first-order valence-corrected chi connectivity index (χ1v) is 6.92. The van der Waals surface area contributed by atoms with Crippen molar-refractivity contribution < 1.29 is 0 Å². The van der Waals surface area contributed by atoms with Crippen LogP contribution in [0.1, 0.15) is 37.2 Å². The number of nitrogens with two attached hydrogens (primary N) is 1. The molecule has 0 bridgehead atoms.